The van der Waals surface area contributed by atoms with Gasteiger partial charge in [-0.2, -0.15) is 0 Å². The molecule has 2 rings (SSSR count). The highest BCUT2D eigenvalue weighted by atomic mass is 16.5. The standard InChI is InChI=1S/C13H19N3O4/c1-7(2)11-5-9(15-20-11)12(17)14-8-4-10(13(18)19)16(3)6-8/h5,7-8,10H,4,6H2,1-3H3,(H,14,17)(H,18,19)/t8-,10+/m1/s1. The maximum atomic E-state index is 12.0. The Morgan fingerprint density at radius 1 is 1.55 bits per heavy atom. The number of hydrogen-bond acceptors (Lipinski definition) is 5. The molecule has 1 aliphatic heterocycles. The fourth-order valence-electron chi connectivity index (χ4n) is 2.32. The van der Waals surface area contributed by atoms with Crippen LogP contribution in [-0.4, -0.2) is 52.7 Å². The number of aromatic nitrogens is 1. The number of nitrogens with zero attached hydrogens (tertiary/aromatic N) is 2. The number of likely N-dealkylation sites (N-methyl/N-ethyl adjacent to an activating group) is 1. The zero-order valence-electron chi connectivity index (χ0n) is 11.8. The molecule has 0 saturated carbocycles. The molecule has 2 heterocycles. The summed E-state index contributed by atoms with van der Waals surface area (Å²) in [7, 11) is 1.73. The van der Waals surface area contributed by atoms with Crippen LogP contribution in [0.3, 0.4) is 0 Å². The molecule has 1 aliphatic rings. The number of carbonyl (C=O) groups is 2. The maximum absolute atomic E-state index is 12.0. The van der Waals surface area contributed by atoms with E-state index in [4.69, 9.17) is 9.63 Å². The number of nitrogens with one attached hydrogen (secondary N) is 1. The van der Waals surface area contributed by atoms with E-state index in [0.717, 1.165) is 0 Å². The van der Waals surface area contributed by atoms with E-state index in [1.807, 2.05) is 13.8 Å². The van der Waals surface area contributed by atoms with E-state index in [2.05, 4.69) is 10.5 Å². The molecule has 0 unspecified atom stereocenters. The molecule has 7 nitrogen and oxygen atoms in total. The van der Waals surface area contributed by atoms with E-state index in [-0.39, 0.29) is 23.6 Å². The Morgan fingerprint density at radius 3 is 2.75 bits per heavy atom. The van der Waals surface area contributed by atoms with Crippen LogP contribution in [0.4, 0.5) is 0 Å². The normalized spacial score (nSPS) is 23.2. The summed E-state index contributed by atoms with van der Waals surface area (Å²) in [5.41, 5.74) is 0.232. The van der Waals surface area contributed by atoms with Gasteiger partial charge in [-0.15, -0.1) is 0 Å². The molecule has 1 fully saturated rings. The van der Waals surface area contributed by atoms with Crippen molar-refractivity contribution in [3.8, 4) is 0 Å². The second-order valence-corrected chi connectivity index (χ2v) is 5.47. The molecule has 0 aliphatic carbocycles. The lowest BCUT2D eigenvalue weighted by Gasteiger charge is -2.13. The number of carbonyl (C=O) groups excluding carboxylic acids is 1. The first-order valence-corrected chi connectivity index (χ1v) is 6.59. The monoisotopic (exact) mass is 281 g/mol. The summed E-state index contributed by atoms with van der Waals surface area (Å²) >= 11 is 0. The number of aliphatic carboxylic acids is 1. The number of amides is 1. The minimum absolute atomic E-state index is 0.165. The van der Waals surface area contributed by atoms with Crippen LogP contribution >= 0.6 is 0 Å². The van der Waals surface area contributed by atoms with Crippen LogP contribution < -0.4 is 5.32 Å². The van der Waals surface area contributed by atoms with E-state index in [1.165, 1.54) is 0 Å². The Labute approximate surface area is 116 Å². The van der Waals surface area contributed by atoms with Crippen molar-refractivity contribution >= 4 is 11.9 Å². The van der Waals surface area contributed by atoms with Gasteiger partial charge in [0.1, 0.15) is 11.8 Å². The van der Waals surface area contributed by atoms with Gasteiger partial charge >= 0.3 is 5.97 Å². The van der Waals surface area contributed by atoms with Gasteiger partial charge in [0.25, 0.3) is 5.91 Å². The number of rotatable bonds is 4. The fraction of sp³-hybridized carbons (Fsp3) is 0.615. The van der Waals surface area contributed by atoms with Gasteiger partial charge in [0.15, 0.2) is 5.69 Å². The number of likely N-dealkylation sites (tertiary alicyclic amines) is 1. The summed E-state index contributed by atoms with van der Waals surface area (Å²) in [4.78, 5) is 24.7. The third-order valence-electron chi connectivity index (χ3n) is 3.50. The van der Waals surface area contributed by atoms with Crippen molar-refractivity contribution in [1.29, 1.82) is 0 Å². The Morgan fingerprint density at radius 2 is 2.25 bits per heavy atom. The Balaban J connectivity index is 1.96. The highest BCUT2D eigenvalue weighted by molar-refractivity contribution is 5.92. The maximum Gasteiger partial charge on any atom is 0.320 e. The molecular formula is C13H19N3O4. The smallest absolute Gasteiger partial charge is 0.320 e. The zero-order valence-corrected chi connectivity index (χ0v) is 11.8. The molecule has 2 N–H and O–H groups in total. The quantitative estimate of drug-likeness (QED) is 0.842. The lowest BCUT2D eigenvalue weighted by Crippen LogP contribution is -2.36. The summed E-state index contributed by atoms with van der Waals surface area (Å²) in [6, 6.07) is 0.879. The fourth-order valence-corrected chi connectivity index (χ4v) is 2.32. The van der Waals surface area contributed by atoms with Crippen molar-refractivity contribution in [2.24, 2.45) is 0 Å². The second-order valence-electron chi connectivity index (χ2n) is 5.47. The third-order valence-corrected chi connectivity index (χ3v) is 3.50. The van der Waals surface area contributed by atoms with Gasteiger partial charge in [-0.3, -0.25) is 14.5 Å². The van der Waals surface area contributed by atoms with Gasteiger partial charge in [-0.25, -0.2) is 0 Å². The SMILES string of the molecule is CC(C)c1cc(C(=O)N[C@@H]2C[C@@H](C(=O)O)N(C)C2)no1. The van der Waals surface area contributed by atoms with Gasteiger partial charge in [-0.05, 0) is 13.5 Å². The van der Waals surface area contributed by atoms with Crippen molar-refractivity contribution in [2.75, 3.05) is 13.6 Å². The van der Waals surface area contributed by atoms with E-state index in [1.54, 1.807) is 18.0 Å². The summed E-state index contributed by atoms with van der Waals surface area (Å²) in [5, 5.41) is 15.6. The van der Waals surface area contributed by atoms with E-state index in [9.17, 15) is 9.59 Å². The highest BCUT2D eigenvalue weighted by Gasteiger charge is 2.35. The molecule has 0 radical (unpaired) electrons. The van der Waals surface area contributed by atoms with Crippen molar-refractivity contribution in [3.63, 3.8) is 0 Å². The number of hydrogen-bond donors (Lipinski definition) is 2. The second kappa shape index (κ2) is 5.62. The predicted octanol–water partition coefficient (Wildman–Crippen LogP) is 0.685. The van der Waals surface area contributed by atoms with Gasteiger partial charge in [0.2, 0.25) is 0 Å². The average Bonchev–Trinajstić information content (AvgIpc) is 2.95. The number of carboxylic acid groups (broad SMARTS) is 1. The molecule has 0 aromatic carbocycles. The predicted molar refractivity (Wildman–Crippen MR) is 70.5 cm³/mol. The van der Waals surface area contributed by atoms with Gasteiger partial charge in [0.05, 0.1) is 0 Å². The van der Waals surface area contributed by atoms with Crippen molar-refractivity contribution in [1.82, 2.24) is 15.4 Å². The summed E-state index contributed by atoms with van der Waals surface area (Å²) in [6.45, 7) is 4.41. The third kappa shape index (κ3) is 2.98. The van der Waals surface area contributed by atoms with Crippen LogP contribution in [0.1, 0.15) is 42.4 Å². The summed E-state index contributed by atoms with van der Waals surface area (Å²) < 4.78 is 5.08. The Hall–Kier alpha value is -1.89. The van der Waals surface area contributed by atoms with Crippen molar-refractivity contribution in [2.45, 2.75) is 38.3 Å². The molecule has 1 saturated heterocycles. The molecular weight excluding hydrogens is 262 g/mol. The minimum Gasteiger partial charge on any atom is -0.480 e. The zero-order chi connectivity index (χ0) is 14.9. The lowest BCUT2D eigenvalue weighted by molar-refractivity contribution is -0.141. The van der Waals surface area contributed by atoms with Crippen LogP contribution in [0.25, 0.3) is 0 Å². The van der Waals surface area contributed by atoms with Crippen molar-refractivity contribution in [3.05, 3.63) is 17.5 Å². The van der Waals surface area contributed by atoms with Gasteiger partial charge in [0, 0.05) is 24.6 Å². The van der Waals surface area contributed by atoms with E-state index in [0.29, 0.717) is 18.7 Å². The summed E-state index contributed by atoms with van der Waals surface area (Å²) in [5.74, 6) is -0.377. The molecule has 1 aromatic heterocycles. The molecule has 110 valence electrons. The van der Waals surface area contributed by atoms with Crippen LogP contribution in [-0.2, 0) is 4.79 Å². The molecule has 0 bridgehead atoms. The molecule has 1 aromatic rings. The summed E-state index contributed by atoms with van der Waals surface area (Å²) in [6.07, 6.45) is 0.395. The molecule has 2 atom stereocenters. The van der Waals surface area contributed by atoms with E-state index >= 15 is 0 Å². The van der Waals surface area contributed by atoms with Crippen LogP contribution in [0, 0.1) is 0 Å². The molecule has 1 amide bonds. The lowest BCUT2D eigenvalue weighted by atomic mass is 10.1. The first-order valence-electron chi connectivity index (χ1n) is 6.59. The van der Waals surface area contributed by atoms with Gasteiger partial charge < -0.3 is 14.9 Å². The molecule has 0 spiro atoms. The highest BCUT2D eigenvalue weighted by Crippen LogP contribution is 2.18. The van der Waals surface area contributed by atoms with Crippen LogP contribution in [0.15, 0.2) is 10.6 Å². The topological polar surface area (TPSA) is 95.7 Å². The first kappa shape index (κ1) is 14.5. The molecule has 7 heteroatoms. The Bertz CT molecular complexity index is 511. The van der Waals surface area contributed by atoms with Crippen LogP contribution in [0.5, 0.6) is 0 Å². The van der Waals surface area contributed by atoms with Crippen molar-refractivity contribution < 1.29 is 19.2 Å². The van der Waals surface area contributed by atoms with Gasteiger partial charge in [-0.1, -0.05) is 19.0 Å². The minimum atomic E-state index is -0.868. The largest absolute Gasteiger partial charge is 0.480 e. The average molecular weight is 281 g/mol. The first-order chi connectivity index (χ1) is 9.38. The number of carboxylic acids is 1. The Kier molecular flexibility index (Phi) is 4.08. The van der Waals surface area contributed by atoms with E-state index < -0.39 is 12.0 Å². The molecule has 20 heavy (non-hydrogen) atoms. The van der Waals surface area contributed by atoms with Crippen LogP contribution in [0.2, 0.25) is 0 Å².